The number of ether oxygens (including phenoxy) is 2. The molecule has 0 amide bonds. The zero-order chi connectivity index (χ0) is 79.0. The van der Waals surface area contributed by atoms with Gasteiger partial charge in [0.05, 0.1) is 56.2 Å². The molecule has 0 saturated carbocycles. The number of fused-ring (bicyclic) bond motifs is 22. The van der Waals surface area contributed by atoms with E-state index in [9.17, 15) is 0 Å². The summed E-state index contributed by atoms with van der Waals surface area (Å²) in [5.41, 5.74) is 33.0. The molecule has 0 aliphatic carbocycles. The van der Waals surface area contributed by atoms with Gasteiger partial charge in [0, 0.05) is 77.4 Å². The van der Waals surface area contributed by atoms with E-state index in [2.05, 4.69) is 407 Å². The van der Waals surface area contributed by atoms with Crippen molar-refractivity contribution in [2.24, 2.45) is 0 Å². The van der Waals surface area contributed by atoms with Gasteiger partial charge in [-0.05, 0) is 215 Å². The molecule has 0 spiro atoms. The van der Waals surface area contributed by atoms with Crippen molar-refractivity contribution in [3.05, 3.63) is 282 Å². The van der Waals surface area contributed by atoms with E-state index >= 15 is 0 Å². The Hall–Kier alpha value is -11.3. The number of hydrogen-bond acceptors (Lipinski definition) is 4. The number of hydrogen-bond donors (Lipinski definition) is 0. The van der Waals surface area contributed by atoms with Crippen LogP contribution in [0, 0.1) is 0 Å². The maximum absolute atomic E-state index is 7.74. The summed E-state index contributed by atoms with van der Waals surface area (Å²) >= 11 is 0. The summed E-state index contributed by atoms with van der Waals surface area (Å²) < 4.78 is 20.7. The number of para-hydroxylation sites is 4. The summed E-state index contributed by atoms with van der Waals surface area (Å²) in [5.74, 6) is 3.15. The Balaban J connectivity index is 1.04. The maximum Gasteiger partial charge on any atom is 0.252 e. The summed E-state index contributed by atoms with van der Waals surface area (Å²) in [5, 5.41) is 4.93. The molecule has 2 aromatic heterocycles. The van der Waals surface area contributed by atoms with Gasteiger partial charge < -0.3 is 28.4 Å². The van der Waals surface area contributed by atoms with Crippen molar-refractivity contribution in [2.45, 2.75) is 183 Å². The summed E-state index contributed by atoms with van der Waals surface area (Å²) in [6.45, 7) is 48.9. The van der Waals surface area contributed by atoms with E-state index in [1.807, 2.05) is 0 Å². The topological polar surface area (TPSA) is 34.8 Å². The number of rotatable bonds is 2. The van der Waals surface area contributed by atoms with Gasteiger partial charge in [-0.15, -0.1) is 0 Å². The predicted molar refractivity (Wildman–Crippen MR) is 482 cm³/mol. The van der Waals surface area contributed by atoms with E-state index in [1.165, 1.54) is 76.9 Å². The van der Waals surface area contributed by atoms with Crippen LogP contribution in [0.1, 0.15) is 184 Å². The van der Waals surface area contributed by atoms with Crippen LogP contribution in [0.25, 0.3) is 99.5 Å². The Bertz CT molecular complexity index is 6030. The number of nitrogens with zero attached hydrogens (tertiary/aromatic N) is 4. The highest BCUT2D eigenvalue weighted by Gasteiger charge is 2.49. The van der Waals surface area contributed by atoms with Gasteiger partial charge in [-0.1, -0.05) is 267 Å². The van der Waals surface area contributed by atoms with Gasteiger partial charge in [-0.3, -0.25) is 0 Å². The summed E-state index contributed by atoms with van der Waals surface area (Å²) in [6.07, 6.45) is 0. The average Bonchev–Trinajstić information content (AvgIpc) is 0.922. The maximum atomic E-state index is 7.74. The first kappa shape index (κ1) is 72.0. The molecule has 15 aromatic rings. The molecular weight excluding hydrogens is 1370 g/mol. The molecule has 0 unspecified atom stereocenters. The van der Waals surface area contributed by atoms with E-state index in [0.717, 1.165) is 135 Å². The summed E-state index contributed by atoms with van der Waals surface area (Å²) in [7, 11) is 0. The second-order valence-corrected chi connectivity index (χ2v) is 39.8. The quantitative estimate of drug-likeness (QED) is 0.162. The fourth-order valence-corrected chi connectivity index (χ4v) is 18.6. The largest absolute Gasteiger partial charge is 0.456 e. The third kappa shape index (κ3) is 11.3. The second-order valence-electron chi connectivity index (χ2n) is 39.8. The van der Waals surface area contributed by atoms with Crippen LogP contribution < -0.4 is 35.7 Å². The molecule has 4 aliphatic heterocycles. The molecule has 7 heteroatoms. The standard InChI is InChI=1S/C106H103BN4O2/c1-100(2,3)62-42-50-85-73(54-62)69-30-22-26-34-91(69)112-93-36-28-24-32-71(93)95-87(108-81-46-38-64(102(7,8)9)56-75(81)76-57-65(103(10,11)12)39-47-82(76)108)52-44-79-98(95)110(85)89-60-68(106(19,20)21)61-90-97(89)107(79)80-45-53-88(109-83-48-40-66(104(13,14)15)58-77(83)78-59-67(105(16,17)18)41-49-84(78)109)96-72-33-25-29-37-94(72)113-92-35-27-23-31-70(92)74-55-63(101(4,5)6)43-51-86(74)111(90)99(80)96/h22-61H,1-21H3. The van der Waals surface area contributed by atoms with E-state index in [-0.39, 0.29) is 44.6 Å². The van der Waals surface area contributed by atoms with Crippen molar-refractivity contribution in [1.82, 2.24) is 9.13 Å². The van der Waals surface area contributed by atoms with Gasteiger partial charge in [-0.2, -0.15) is 0 Å². The Morgan fingerprint density at radius 1 is 0.230 bits per heavy atom. The molecule has 0 bridgehead atoms. The van der Waals surface area contributed by atoms with Crippen LogP contribution in [-0.2, 0) is 37.9 Å². The molecular formula is C106H103BN4O2. The van der Waals surface area contributed by atoms with Gasteiger partial charge in [-0.25, -0.2) is 0 Å². The van der Waals surface area contributed by atoms with Crippen LogP contribution in [0.4, 0.5) is 34.1 Å². The highest BCUT2D eigenvalue weighted by molar-refractivity contribution is 7.00. The lowest BCUT2D eigenvalue weighted by Gasteiger charge is -2.47. The zero-order valence-corrected chi connectivity index (χ0v) is 69.8. The molecule has 113 heavy (non-hydrogen) atoms. The van der Waals surface area contributed by atoms with Crippen LogP contribution in [-0.4, -0.2) is 15.8 Å². The fourth-order valence-electron chi connectivity index (χ4n) is 18.6. The second kappa shape index (κ2) is 24.6. The number of aromatic nitrogens is 2. The number of anilines is 6. The van der Waals surface area contributed by atoms with Crippen LogP contribution in [0.5, 0.6) is 23.0 Å². The zero-order valence-electron chi connectivity index (χ0n) is 69.8. The Kier molecular flexibility index (Phi) is 15.7. The Labute approximate surface area is 668 Å². The molecule has 0 fully saturated rings. The molecule has 0 atom stereocenters. The highest BCUT2D eigenvalue weighted by atomic mass is 16.5. The summed E-state index contributed by atoms with van der Waals surface area (Å²) in [6, 6.07) is 94.2. The monoisotopic (exact) mass is 1470 g/mol. The molecule has 6 nitrogen and oxygen atoms in total. The molecule has 13 aromatic carbocycles. The minimum atomic E-state index is -0.370. The smallest absolute Gasteiger partial charge is 0.252 e. The van der Waals surface area contributed by atoms with E-state index in [4.69, 9.17) is 9.47 Å². The third-order valence-corrected chi connectivity index (χ3v) is 25.0. The van der Waals surface area contributed by atoms with Gasteiger partial charge in [0.2, 0.25) is 0 Å². The minimum absolute atomic E-state index is 0.100. The first-order valence-corrected chi connectivity index (χ1v) is 40.8. The fraction of sp³-hybridized carbons (Fsp3) is 0.264. The minimum Gasteiger partial charge on any atom is -0.456 e. The van der Waals surface area contributed by atoms with Gasteiger partial charge in [0.15, 0.2) is 0 Å². The van der Waals surface area contributed by atoms with Gasteiger partial charge in [0.25, 0.3) is 6.71 Å². The molecule has 19 rings (SSSR count). The van der Waals surface area contributed by atoms with Crippen molar-refractivity contribution >= 4 is 101 Å². The SMILES string of the molecule is CC(C)(C)c1ccc2c(c1)-c1ccccc1Oc1ccccc1-c1c(-n3c4ccc(C(C)(C)C)cc4c4cc(C(C)(C)C)ccc43)ccc3c1N2c1cc(C(C)(C)C)cc2c1B3c1ccc(-n3c4ccc(C(C)(C)C)cc4c4cc(C(C)(C)C)ccc43)c3c1N2c1ccc(C(C)(C)C)cc1-c1ccccc1Oc1ccccc1-3. The highest BCUT2D eigenvalue weighted by Crippen LogP contribution is 2.60. The van der Waals surface area contributed by atoms with Gasteiger partial charge in [0.1, 0.15) is 23.0 Å². The Morgan fingerprint density at radius 3 is 0.805 bits per heavy atom. The van der Waals surface area contributed by atoms with Crippen molar-refractivity contribution in [1.29, 1.82) is 0 Å². The van der Waals surface area contributed by atoms with E-state index < -0.39 is 0 Å². The summed E-state index contributed by atoms with van der Waals surface area (Å²) in [4.78, 5) is 5.48. The third-order valence-electron chi connectivity index (χ3n) is 25.0. The molecule has 6 heterocycles. The first-order chi connectivity index (χ1) is 53.5. The van der Waals surface area contributed by atoms with Crippen molar-refractivity contribution in [3.63, 3.8) is 0 Å². The van der Waals surface area contributed by atoms with Gasteiger partial charge >= 0.3 is 0 Å². The lowest BCUT2D eigenvalue weighted by Crippen LogP contribution is -2.62. The molecule has 562 valence electrons. The average molecular weight is 1480 g/mol. The lowest BCUT2D eigenvalue weighted by molar-refractivity contribution is 0.486. The van der Waals surface area contributed by atoms with Crippen LogP contribution in [0.2, 0.25) is 0 Å². The lowest BCUT2D eigenvalue weighted by atomic mass is 9.33. The Morgan fingerprint density at radius 2 is 0.496 bits per heavy atom. The van der Waals surface area contributed by atoms with E-state index in [1.54, 1.807) is 0 Å². The number of benzene rings is 13. The van der Waals surface area contributed by atoms with Crippen LogP contribution in [0.15, 0.2) is 243 Å². The van der Waals surface area contributed by atoms with E-state index in [0.29, 0.717) is 0 Å². The van der Waals surface area contributed by atoms with Crippen molar-refractivity contribution in [2.75, 3.05) is 9.80 Å². The first-order valence-electron chi connectivity index (χ1n) is 40.8. The van der Waals surface area contributed by atoms with Crippen LogP contribution >= 0.6 is 0 Å². The molecule has 0 saturated heterocycles. The van der Waals surface area contributed by atoms with Crippen molar-refractivity contribution < 1.29 is 9.47 Å². The normalized spacial score (nSPS) is 14.0. The molecule has 4 aliphatic rings. The molecule has 0 N–H and O–H groups in total. The van der Waals surface area contributed by atoms with Crippen molar-refractivity contribution in [3.8, 4) is 78.9 Å². The predicted octanol–water partition coefficient (Wildman–Crippen LogP) is 27.9. The van der Waals surface area contributed by atoms with Crippen LogP contribution in [0.3, 0.4) is 0 Å². The molecule has 0 radical (unpaired) electrons.